The minimum Gasteiger partial charge on any atom is -0.493 e. The highest BCUT2D eigenvalue weighted by Gasteiger charge is 2.20. The van der Waals surface area contributed by atoms with Gasteiger partial charge in [-0.1, -0.05) is 32.9 Å². The molecule has 0 aliphatic carbocycles. The molecular weight excluding hydrogens is 167 g/mol. The minimum absolute atomic E-state index is 0.0898. The molecule has 2 heteroatoms. The van der Waals surface area contributed by atoms with Gasteiger partial charge in [0.2, 0.25) is 0 Å². The summed E-state index contributed by atoms with van der Waals surface area (Å²) in [5, 5.41) is 0. The van der Waals surface area contributed by atoms with Crippen LogP contribution in [0.5, 0.6) is 5.75 Å². The average molecular weight is 182 g/mol. The number of rotatable bonds is 1. The maximum absolute atomic E-state index is 13.3. The Morgan fingerprint density at radius 2 is 1.85 bits per heavy atom. The summed E-state index contributed by atoms with van der Waals surface area (Å²) in [5.41, 5.74) is 0.808. The Labute approximate surface area is 78.5 Å². The molecule has 0 aliphatic rings. The lowest BCUT2D eigenvalue weighted by molar-refractivity contribution is 0.370. The van der Waals surface area contributed by atoms with Crippen molar-refractivity contribution in [3.63, 3.8) is 0 Å². The second kappa shape index (κ2) is 3.36. The molecule has 0 saturated heterocycles. The topological polar surface area (TPSA) is 9.23 Å². The number of benzene rings is 1. The molecule has 0 N–H and O–H groups in total. The van der Waals surface area contributed by atoms with E-state index in [1.54, 1.807) is 6.07 Å². The Morgan fingerprint density at radius 3 is 2.23 bits per heavy atom. The van der Waals surface area contributed by atoms with Gasteiger partial charge in [-0.2, -0.15) is 0 Å². The molecule has 0 heterocycles. The van der Waals surface area contributed by atoms with E-state index in [2.05, 4.69) is 0 Å². The van der Waals surface area contributed by atoms with E-state index in [1.807, 2.05) is 26.8 Å². The van der Waals surface area contributed by atoms with Gasteiger partial charge in [-0.3, -0.25) is 0 Å². The Kier molecular flexibility index (Phi) is 2.60. The molecule has 0 fully saturated rings. The first-order valence-corrected chi connectivity index (χ1v) is 4.30. The van der Waals surface area contributed by atoms with E-state index in [-0.39, 0.29) is 11.2 Å². The van der Waals surface area contributed by atoms with E-state index in [4.69, 9.17) is 4.74 Å². The van der Waals surface area contributed by atoms with Crippen molar-refractivity contribution in [2.24, 2.45) is 0 Å². The summed E-state index contributed by atoms with van der Waals surface area (Å²) in [7, 11) is 1.49. The molecule has 13 heavy (non-hydrogen) atoms. The first-order valence-electron chi connectivity index (χ1n) is 4.30. The number of methoxy groups -OCH3 is 1. The van der Waals surface area contributed by atoms with Crippen molar-refractivity contribution in [1.29, 1.82) is 0 Å². The van der Waals surface area contributed by atoms with Gasteiger partial charge >= 0.3 is 0 Å². The largest absolute Gasteiger partial charge is 0.493 e. The van der Waals surface area contributed by atoms with Crippen LogP contribution < -0.4 is 4.74 Å². The lowest BCUT2D eigenvalue weighted by Gasteiger charge is -2.21. The van der Waals surface area contributed by atoms with E-state index >= 15 is 0 Å². The molecule has 1 aromatic rings. The van der Waals surface area contributed by atoms with E-state index in [9.17, 15) is 4.39 Å². The zero-order valence-electron chi connectivity index (χ0n) is 8.52. The predicted molar refractivity (Wildman–Crippen MR) is 51.7 cm³/mol. The molecule has 0 radical (unpaired) electrons. The van der Waals surface area contributed by atoms with E-state index in [0.29, 0.717) is 5.75 Å². The van der Waals surface area contributed by atoms with Crippen molar-refractivity contribution in [2.45, 2.75) is 26.2 Å². The molecule has 0 atom stereocenters. The lowest BCUT2D eigenvalue weighted by atomic mass is 9.86. The molecule has 0 bridgehead atoms. The summed E-state index contributed by atoms with van der Waals surface area (Å²) in [6.07, 6.45) is 0. The van der Waals surface area contributed by atoms with Crippen molar-refractivity contribution in [3.05, 3.63) is 29.6 Å². The molecule has 0 spiro atoms. The smallest absolute Gasteiger partial charge is 0.165 e. The number of para-hydroxylation sites is 1. The third-order valence-electron chi connectivity index (χ3n) is 1.98. The third-order valence-corrected chi connectivity index (χ3v) is 1.98. The van der Waals surface area contributed by atoms with Crippen LogP contribution in [0.2, 0.25) is 0 Å². The van der Waals surface area contributed by atoms with Gasteiger partial charge in [0, 0.05) is 5.56 Å². The van der Waals surface area contributed by atoms with Gasteiger partial charge < -0.3 is 4.74 Å². The highest BCUT2D eigenvalue weighted by atomic mass is 19.1. The maximum Gasteiger partial charge on any atom is 0.165 e. The molecular formula is C11H15FO. The molecule has 0 unspecified atom stereocenters. The molecule has 0 aromatic heterocycles. The van der Waals surface area contributed by atoms with Gasteiger partial charge in [0.15, 0.2) is 11.6 Å². The molecule has 0 saturated carbocycles. The van der Waals surface area contributed by atoms with Gasteiger partial charge in [0.1, 0.15) is 0 Å². The quantitative estimate of drug-likeness (QED) is 0.648. The van der Waals surface area contributed by atoms with Crippen LogP contribution in [0.15, 0.2) is 18.2 Å². The Balaban J connectivity index is 3.29. The fourth-order valence-corrected chi connectivity index (χ4v) is 1.31. The fourth-order valence-electron chi connectivity index (χ4n) is 1.31. The monoisotopic (exact) mass is 182 g/mol. The highest BCUT2D eigenvalue weighted by Crippen LogP contribution is 2.32. The molecule has 0 aliphatic heterocycles. The van der Waals surface area contributed by atoms with Crippen molar-refractivity contribution < 1.29 is 9.13 Å². The van der Waals surface area contributed by atoms with Crippen LogP contribution >= 0.6 is 0 Å². The zero-order chi connectivity index (χ0) is 10.1. The van der Waals surface area contributed by atoms with Gasteiger partial charge in [0.25, 0.3) is 0 Å². The Hall–Kier alpha value is -1.05. The number of halogens is 1. The Morgan fingerprint density at radius 1 is 1.23 bits per heavy atom. The molecule has 0 amide bonds. The lowest BCUT2D eigenvalue weighted by Crippen LogP contribution is -2.13. The van der Waals surface area contributed by atoms with Crippen LogP contribution in [0.4, 0.5) is 4.39 Å². The number of hydrogen-bond acceptors (Lipinski definition) is 1. The molecule has 1 aromatic carbocycles. The average Bonchev–Trinajstić information content (AvgIpc) is 2.02. The number of ether oxygens (including phenoxy) is 1. The summed E-state index contributed by atoms with van der Waals surface area (Å²) < 4.78 is 18.3. The molecule has 72 valence electrons. The second-order valence-electron chi connectivity index (χ2n) is 4.07. The van der Waals surface area contributed by atoms with Crippen molar-refractivity contribution >= 4 is 0 Å². The second-order valence-corrected chi connectivity index (χ2v) is 4.07. The van der Waals surface area contributed by atoms with Crippen LogP contribution in [0.25, 0.3) is 0 Å². The van der Waals surface area contributed by atoms with Gasteiger partial charge in [0.05, 0.1) is 7.11 Å². The summed E-state index contributed by atoms with van der Waals surface area (Å²) >= 11 is 0. The SMILES string of the molecule is COc1c(F)cccc1C(C)(C)C. The first kappa shape index (κ1) is 10.0. The summed E-state index contributed by atoms with van der Waals surface area (Å²) in [5.74, 6) is 0.0601. The van der Waals surface area contributed by atoms with Crippen molar-refractivity contribution in [2.75, 3.05) is 7.11 Å². The molecule has 1 rings (SSSR count). The third kappa shape index (κ3) is 2.00. The van der Waals surface area contributed by atoms with Gasteiger partial charge in [-0.05, 0) is 11.5 Å². The minimum atomic E-state index is -0.296. The summed E-state index contributed by atoms with van der Waals surface area (Å²) in [4.78, 5) is 0. The van der Waals surface area contributed by atoms with E-state index in [1.165, 1.54) is 13.2 Å². The molecule has 1 nitrogen and oxygen atoms in total. The zero-order valence-corrected chi connectivity index (χ0v) is 8.52. The summed E-state index contributed by atoms with van der Waals surface area (Å²) in [6, 6.07) is 5.01. The normalized spacial score (nSPS) is 11.5. The number of hydrogen-bond donors (Lipinski definition) is 0. The van der Waals surface area contributed by atoms with Crippen molar-refractivity contribution in [1.82, 2.24) is 0 Å². The van der Waals surface area contributed by atoms with Gasteiger partial charge in [-0.15, -0.1) is 0 Å². The Bertz CT molecular complexity index is 299. The van der Waals surface area contributed by atoms with Crippen LogP contribution in [-0.4, -0.2) is 7.11 Å². The van der Waals surface area contributed by atoms with Crippen molar-refractivity contribution in [3.8, 4) is 5.75 Å². The van der Waals surface area contributed by atoms with Crippen LogP contribution in [0, 0.1) is 5.82 Å². The van der Waals surface area contributed by atoms with E-state index in [0.717, 1.165) is 5.56 Å². The highest BCUT2D eigenvalue weighted by molar-refractivity contribution is 5.39. The first-order chi connectivity index (χ1) is 5.96. The standard InChI is InChI=1S/C11H15FO/c1-11(2,3)8-6-5-7-9(12)10(8)13-4/h5-7H,1-4H3. The summed E-state index contributed by atoms with van der Waals surface area (Å²) in [6.45, 7) is 6.10. The van der Waals surface area contributed by atoms with Gasteiger partial charge in [-0.25, -0.2) is 4.39 Å². The van der Waals surface area contributed by atoms with Crippen LogP contribution in [0.3, 0.4) is 0 Å². The predicted octanol–water partition coefficient (Wildman–Crippen LogP) is 3.13. The van der Waals surface area contributed by atoms with Crippen LogP contribution in [0.1, 0.15) is 26.3 Å². The maximum atomic E-state index is 13.3. The fraction of sp³-hybridized carbons (Fsp3) is 0.455. The van der Waals surface area contributed by atoms with E-state index < -0.39 is 0 Å². The van der Waals surface area contributed by atoms with Crippen LogP contribution in [-0.2, 0) is 5.41 Å².